The van der Waals surface area contributed by atoms with Gasteiger partial charge in [-0.05, 0) is 6.42 Å². The Kier molecular flexibility index (Phi) is 14.5. The first-order valence-corrected chi connectivity index (χ1v) is 3.41. The van der Waals surface area contributed by atoms with E-state index >= 15 is 0 Å². The van der Waals surface area contributed by atoms with Crippen LogP contribution in [0, 0.1) is 0 Å². The van der Waals surface area contributed by atoms with E-state index < -0.39 is 0 Å². The van der Waals surface area contributed by atoms with Crippen LogP contribution in [0.4, 0.5) is 0 Å². The molecule has 0 aliphatic carbocycles. The van der Waals surface area contributed by atoms with E-state index in [1.54, 1.807) is 0 Å². The minimum Gasteiger partial charge on any atom is -0.395 e. The van der Waals surface area contributed by atoms with Gasteiger partial charge in [-0.1, -0.05) is 6.92 Å². The fourth-order valence-corrected chi connectivity index (χ4v) is 0.167. The average molecular weight is 150 g/mol. The van der Waals surface area contributed by atoms with Crippen molar-refractivity contribution in [2.45, 2.75) is 19.4 Å². The van der Waals surface area contributed by atoms with Crippen LogP contribution in [0.25, 0.3) is 0 Å². The molecule has 0 aromatic heterocycles. The summed E-state index contributed by atoms with van der Waals surface area (Å²) in [5.41, 5.74) is 9.81. The summed E-state index contributed by atoms with van der Waals surface area (Å²) in [5, 5.41) is 16.3. The third kappa shape index (κ3) is 15.7. The van der Waals surface area contributed by atoms with E-state index in [1.807, 2.05) is 6.92 Å². The summed E-state index contributed by atoms with van der Waals surface area (Å²) in [6.45, 7) is 2.76. The zero-order valence-electron chi connectivity index (χ0n) is 6.45. The minimum atomic E-state index is -0.287. The number of hydrogen-bond acceptors (Lipinski definition) is 4. The zero-order chi connectivity index (χ0) is 8.41. The summed E-state index contributed by atoms with van der Waals surface area (Å²) >= 11 is 0. The molecule has 4 heteroatoms. The molecule has 0 rings (SSSR count). The van der Waals surface area contributed by atoms with Crippen molar-refractivity contribution in [3.63, 3.8) is 0 Å². The summed E-state index contributed by atoms with van der Waals surface area (Å²) in [4.78, 5) is 0. The Bertz CT molecular complexity index is 47.0. The number of nitrogens with two attached hydrogens (primary N) is 2. The van der Waals surface area contributed by atoms with Gasteiger partial charge in [0.25, 0.3) is 0 Å². The monoisotopic (exact) mass is 150 g/mol. The summed E-state index contributed by atoms with van der Waals surface area (Å²) in [7, 11) is 0. The third-order valence-corrected chi connectivity index (χ3v) is 0.872. The first-order valence-electron chi connectivity index (χ1n) is 3.41. The van der Waals surface area contributed by atoms with E-state index in [-0.39, 0.29) is 12.7 Å². The lowest BCUT2D eigenvalue weighted by Crippen LogP contribution is -2.17. The zero-order valence-corrected chi connectivity index (χ0v) is 6.45. The van der Waals surface area contributed by atoms with Gasteiger partial charge in [0.15, 0.2) is 0 Å². The van der Waals surface area contributed by atoms with Crippen LogP contribution in [-0.4, -0.2) is 36.0 Å². The summed E-state index contributed by atoms with van der Waals surface area (Å²) in [6, 6.07) is 0. The quantitative estimate of drug-likeness (QED) is 0.400. The highest BCUT2D eigenvalue weighted by Crippen LogP contribution is 1.81. The first kappa shape index (κ1) is 12.5. The molecule has 1 unspecified atom stereocenters. The van der Waals surface area contributed by atoms with Crippen molar-refractivity contribution >= 4 is 0 Å². The Balaban J connectivity index is 0. The predicted octanol–water partition coefficient (Wildman–Crippen LogP) is -1.35. The van der Waals surface area contributed by atoms with Gasteiger partial charge in [0, 0.05) is 13.1 Å². The van der Waals surface area contributed by atoms with Crippen molar-refractivity contribution in [1.82, 2.24) is 0 Å². The molecule has 64 valence electrons. The largest absolute Gasteiger partial charge is 0.395 e. The molecule has 0 saturated carbocycles. The lowest BCUT2D eigenvalue weighted by atomic mass is 10.3. The van der Waals surface area contributed by atoms with Crippen molar-refractivity contribution in [2.24, 2.45) is 11.5 Å². The van der Waals surface area contributed by atoms with Gasteiger partial charge < -0.3 is 21.7 Å². The van der Waals surface area contributed by atoms with Gasteiger partial charge in [-0.3, -0.25) is 0 Å². The molecule has 0 amide bonds. The number of aliphatic hydroxyl groups is 2. The van der Waals surface area contributed by atoms with Crippen LogP contribution in [0.2, 0.25) is 0 Å². The fourth-order valence-electron chi connectivity index (χ4n) is 0.167. The summed E-state index contributed by atoms with van der Waals surface area (Å²) in [5.74, 6) is 0. The molecule has 0 radical (unpaired) electrons. The first-order chi connectivity index (χ1) is 4.72. The van der Waals surface area contributed by atoms with Gasteiger partial charge in [0.1, 0.15) is 0 Å². The Morgan fingerprint density at radius 1 is 1.40 bits per heavy atom. The van der Waals surface area contributed by atoms with Gasteiger partial charge in [-0.2, -0.15) is 0 Å². The van der Waals surface area contributed by atoms with E-state index in [1.165, 1.54) is 0 Å². The van der Waals surface area contributed by atoms with Crippen molar-refractivity contribution in [3.05, 3.63) is 0 Å². The molecule has 6 N–H and O–H groups in total. The SMILES string of the molecule is CCC(O)CN.NCCO. The Morgan fingerprint density at radius 3 is 1.80 bits per heavy atom. The molecule has 0 aliphatic rings. The molecular formula is C6H18N2O2. The maximum atomic E-state index is 8.54. The highest BCUT2D eigenvalue weighted by Gasteiger charge is 1.90. The van der Waals surface area contributed by atoms with Crippen LogP contribution in [0.5, 0.6) is 0 Å². The molecule has 0 aromatic carbocycles. The van der Waals surface area contributed by atoms with Crippen LogP contribution in [0.3, 0.4) is 0 Å². The van der Waals surface area contributed by atoms with E-state index in [4.69, 9.17) is 21.7 Å². The normalized spacial score (nSPS) is 11.7. The summed E-state index contributed by atoms with van der Waals surface area (Å²) in [6.07, 6.45) is 0.473. The van der Waals surface area contributed by atoms with Gasteiger partial charge in [0.05, 0.1) is 12.7 Å². The Labute approximate surface area is 61.8 Å². The third-order valence-electron chi connectivity index (χ3n) is 0.872. The van der Waals surface area contributed by atoms with Crippen molar-refractivity contribution in [3.8, 4) is 0 Å². The lowest BCUT2D eigenvalue weighted by Gasteiger charge is -1.98. The van der Waals surface area contributed by atoms with Crippen LogP contribution < -0.4 is 11.5 Å². The van der Waals surface area contributed by atoms with Gasteiger partial charge >= 0.3 is 0 Å². The second kappa shape index (κ2) is 11.6. The molecule has 0 heterocycles. The van der Waals surface area contributed by atoms with E-state index in [0.29, 0.717) is 13.1 Å². The van der Waals surface area contributed by atoms with E-state index in [0.717, 1.165) is 6.42 Å². The van der Waals surface area contributed by atoms with Crippen molar-refractivity contribution in [2.75, 3.05) is 19.7 Å². The van der Waals surface area contributed by atoms with Crippen molar-refractivity contribution < 1.29 is 10.2 Å². The topological polar surface area (TPSA) is 92.5 Å². The van der Waals surface area contributed by atoms with Crippen molar-refractivity contribution in [1.29, 1.82) is 0 Å². The number of aliphatic hydroxyl groups excluding tert-OH is 2. The molecular weight excluding hydrogens is 132 g/mol. The van der Waals surface area contributed by atoms with Crippen LogP contribution in [0.15, 0.2) is 0 Å². The number of hydrogen-bond donors (Lipinski definition) is 4. The van der Waals surface area contributed by atoms with E-state index in [9.17, 15) is 0 Å². The van der Waals surface area contributed by atoms with Crippen LogP contribution in [-0.2, 0) is 0 Å². The highest BCUT2D eigenvalue weighted by atomic mass is 16.3. The lowest BCUT2D eigenvalue weighted by molar-refractivity contribution is 0.179. The second-order valence-corrected chi connectivity index (χ2v) is 1.81. The summed E-state index contributed by atoms with van der Waals surface area (Å²) < 4.78 is 0. The van der Waals surface area contributed by atoms with Crippen LogP contribution >= 0.6 is 0 Å². The smallest absolute Gasteiger partial charge is 0.0659 e. The maximum absolute atomic E-state index is 8.54. The molecule has 0 spiro atoms. The van der Waals surface area contributed by atoms with E-state index in [2.05, 4.69) is 0 Å². The fraction of sp³-hybridized carbons (Fsp3) is 1.00. The predicted molar refractivity (Wildman–Crippen MR) is 41.5 cm³/mol. The number of rotatable bonds is 3. The minimum absolute atomic E-state index is 0.0972. The highest BCUT2D eigenvalue weighted by molar-refractivity contribution is 4.48. The Morgan fingerprint density at radius 2 is 1.80 bits per heavy atom. The Hall–Kier alpha value is -0.160. The van der Waals surface area contributed by atoms with Crippen LogP contribution in [0.1, 0.15) is 13.3 Å². The molecule has 4 nitrogen and oxygen atoms in total. The molecule has 0 fully saturated rings. The van der Waals surface area contributed by atoms with Gasteiger partial charge in [-0.25, -0.2) is 0 Å². The van der Waals surface area contributed by atoms with Gasteiger partial charge in [-0.15, -0.1) is 0 Å². The standard InChI is InChI=1S/C4H11NO.C2H7NO/c1-2-4(6)3-5;3-1-2-4/h4,6H,2-3,5H2,1H3;4H,1-3H2. The second-order valence-electron chi connectivity index (χ2n) is 1.81. The molecule has 0 aromatic rings. The molecule has 1 atom stereocenters. The average Bonchev–Trinajstić information content (AvgIpc) is 2.03. The molecule has 0 aliphatic heterocycles. The van der Waals surface area contributed by atoms with Gasteiger partial charge in [0.2, 0.25) is 0 Å². The molecule has 10 heavy (non-hydrogen) atoms. The molecule has 0 bridgehead atoms. The maximum Gasteiger partial charge on any atom is 0.0659 e. The molecule has 0 saturated heterocycles.